The summed E-state index contributed by atoms with van der Waals surface area (Å²) in [6.07, 6.45) is 3.54. The first kappa shape index (κ1) is 20.1. The Balaban J connectivity index is 1.37. The summed E-state index contributed by atoms with van der Waals surface area (Å²) in [5.74, 6) is 0.243. The van der Waals surface area contributed by atoms with E-state index in [1.807, 2.05) is 42.5 Å². The van der Waals surface area contributed by atoms with Gasteiger partial charge in [-0.2, -0.15) is 4.31 Å². The average Bonchev–Trinajstić information content (AvgIpc) is 3.22. The van der Waals surface area contributed by atoms with Crippen molar-refractivity contribution in [3.05, 3.63) is 65.2 Å². The number of carbonyl (C=O) groups excluding carboxylic acids is 1. The Labute approximate surface area is 173 Å². The quantitative estimate of drug-likeness (QED) is 0.758. The van der Waals surface area contributed by atoms with Crippen LogP contribution in [0.2, 0.25) is 0 Å². The van der Waals surface area contributed by atoms with Crippen LogP contribution in [0.3, 0.4) is 0 Å². The lowest BCUT2D eigenvalue weighted by molar-refractivity contribution is -0.132. The van der Waals surface area contributed by atoms with Gasteiger partial charge in [-0.05, 0) is 54.0 Å². The molecule has 0 bridgehead atoms. The van der Waals surface area contributed by atoms with E-state index in [0.29, 0.717) is 37.5 Å². The molecule has 0 aromatic heterocycles. The van der Waals surface area contributed by atoms with E-state index >= 15 is 0 Å². The molecule has 1 aliphatic heterocycles. The Morgan fingerprint density at radius 3 is 2.38 bits per heavy atom. The highest BCUT2D eigenvalue weighted by atomic mass is 32.2. The third-order valence-corrected chi connectivity index (χ3v) is 8.04. The van der Waals surface area contributed by atoms with E-state index in [1.165, 1.54) is 9.87 Å². The molecular weight excluding hydrogens is 384 g/mol. The fourth-order valence-corrected chi connectivity index (χ4v) is 5.80. The van der Waals surface area contributed by atoms with Crippen LogP contribution in [0, 0.1) is 0 Å². The summed E-state index contributed by atoms with van der Waals surface area (Å²) in [4.78, 5) is 14.9. The molecule has 1 heterocycles. The summed E-state index contributed by atoms with van der Waals surface area (Å²) >= 11 is 0. The highest BCUT2D eigenvalue weighted by molar-refractivity contribution is 7.89. The van der Waals surface area contributed by atoms with E-state index in [-0.39, 0.29) is 11.8 Å². The fraction of sp³-hybridized carbons (Fsp3) is 0.435. The maximum Gasteiger partial charge on any atom is 0.243 e. The predicted molar refractivity (Wildman–Crippen MR) is 113 cm³/mol. The third-order valence-electron chi connectivity index (χ3n) is 6.15. The molecule has 1 aliphatic carbocycles. The number of rotatable bonds is 5. The molecule has 2 aliphatic rings. The first-order chi connectivity index (χ1) is 13.9. The monoisotopic (exact) mass is 412 g/mol. The maximum absolute atomic E-state index is 13.0. The topological polar surface area (TPSA) is 57.7 Å². The van der Waals surface area contributed by atoms with Gasteiger partial charge in [-0.25, -0.2) is 8.42 Å². The van der Waals surface area contributed by atoms with Crippen LogP contribution in [-0.2, 0) is 27.7 Å². The van der Waals surface area contributed by atoms with Crippen LogP contribution in [0.25, 0.3) is 0 Å². The largest absolute Gasteiger partial charge is 0.340 e. The Hall–Kier alpha value is -2.18. The third kappa shape index (κ3) is 4.23. The molecule has 4 rings (SSSR count). The first-order valence-electron chi connectivity index (χ1n) is 10.4. The zero-order valence-corrected chi connectivity index (χ0v) is 17.7. The number of nitrogens with zero attached hydrogens (tertiary/aromatic N) is 2. The van der Waals surface area contributed by atoms with Gasteiger partial charge in [0.05, 0.1) is 4.90 Å². The molecule has 154 valence electrons. The smallest absolute Gasteiger partial charge is 0.243 e. The zero-order valence-electron chi connectivity index (χ0n) is 16.9. The minimum Gasteiger partial charge on any atom is -0.340 e. The van der Waals surface area contributed by atoms with Gasteiger partial charge in [-0.15, -0.1) is 0 Å². The van der Waals surface area contributed by atoms with E-state index in [1.54, 1.807) is 11.0 Å². The van der Waals surface area contributed by atoms with Crippen molar-refractivity contribution in [3.63, 3.8) is 0 Å². The second kappa shape index (κ2) is 8.28. The van der Waals surface area contributed by atoms with Crippen LogP contribution in [0.15, 0.2) is 53.4 Å². The predicted octanol–water partition coefficient (Wildman–Crippen LogP) is 3.20. The number of aryl methyl sites for hydroxylation is 2. The van der Waals surface area contributed by atoms with Crippen molar-refractivity contribution in [1.29, 1.82) is 0 Å². The minimum atomic E-state index is -3.50. The molecule has 1 saturated heterocycles. The summed E-state index contributed by atoms with van der Waals surface area (Å²) in [6.45, 7) is 3.66. The number of carbonyl (C=O) groups is 1. The van der Waals surface area contributed by atoms with Crippen LogP contribution in [-0.4, -0.2) is 49.7 Å². The van der Waals surface area contributed by atoms with E-state index in [9.17, 15) is 13.2 Å². The second-order valence-corrected chi connectivity index (χ2v) is 10.0. The Kier molecular flexibility index (Phi) is 5.74. The molecule has 0 N–H and O–H groups in total. The van der Waals surface area contributed by atoms with Gasteiger partial charge in [-0.3, -0.25) is 4.79 Å². The van der Waals surface area contributed by atoms with Gasteiger partial charge in [0.1, 0.15) is 0 Å². The molecule has 0 spiro atoms. The molecule has 0 radical (unpaired) electrons. The van der Waals surface area contributed by atoms with Crippen LogP contribution < -0.4 is 0 Å². The van der Waals surface area contributed by atoms with E-state index in [2.05, 4.69) is 6.92 Å². The Bertz CT molecular complexity index is 980. The summed E-state index contributed by atoms with van der Waals surface area (Å²) < 4.78 is 27.6. The minimum absolute atomic E-state index is 0.0935. The van der Waals surface area contributed by atoms with Gasteiger partial charge in [0.15, 0.2) is 0 Å². The summed E-state index contributed by atoms with van der Waals surface area (Å²) in [5.41, 5.74) is 3.58. The lowest BCUT2D eigenvalue weighted by Crippen LogP contribution is -2.50. The number of hydrogen-bond acceptors (Lipinski definition) is 3. The van der Waals surface area contributed by atoms with Crippen LogP contribution >= 0.6 is 0 Å². The number of amides is 1. The first-order valence-corrected chi connectivity index (χ1v) is 11.8. The molecule has 1 fully saturated rings. The summed E-state index contributed by atoms with van der Waals surface area (Å²) in [7, 11) is -3.50. The summed E-state index contributed by atoms with van der Waals surface area (Å²) in [5, 5.41) is 0. The Morgan fingerprint density at radius 1 is 0.966 bits per heavy atom. The maximum atomic E-state index is 13.0. The Morgan fingerprint density at radius 2 is 1.66 bits per heavy atom. The SMILES string of the molecule is CC(CC(=O)N1CCN(S(=O)(=O)c2ccc3c(c2)CCC3)CC1)c1ccccc1. The van der Waals surface area contributed by atoms with E-state index in [4.69, 9.17) is 0 Å². The van der Waals surface area contributed by atoms with Crippen LogP contribution in [0.4, 0.5) is 0 Å². The summed E-state index contributed by atoms with van der Waals surface area (Å²) in [6, 6.07) is 15.6. The fourth-order valence-electron chi connectivity index (χ4n) is 4.33. The molecule has 0 saturated carbocycles. The van der Waals surface area contributed by atoms with Crippen LogP contribution in [0.5, 0.6) is 0 Å². The van der Waals surface area contributed by atoms with Crippen molar-refractivity contribution < 1.29 is 13.2 Å². The lowest BCUT2D eigenvalue weighted by Gasteiger charge is -2.34. The van der Waals surface area contributed by atoms with Crippen molar-refractivity contribution >= 4 is 15.9 Å². The van der Waals surface area contributed by atoms with Crippen molar-refractivity contribution in [2.24, 2.45) is 0 Å². The van der Waals surface area contributed by atoms with Crippen molar-refractivity contribution in [3.8, 4) is 0 Å². The molecular formula is C23H28N2O3S. The van der Waals surface area contributed by atoms with Gasteiger partial charge >= 0.3 is 0 Å². The molecule has 2 aromatic rings. The number of fused-ring (bicyclic) bond motifs is 1. The van der Waals surface area contributed by atoms with Crippen LogP contribution in [0.1, 0.15) is 42.4 Å². The zero-order chi connectivity index (χ0) is 20.4. The number of piperazine rings is 1. The highest BCUT2D eigenvalue weighted by Crippen LogP contribution is 2.27. The van der Waals surface area contributed by atoms with Gasteiger partial charge in [-0.1, -0.05) is 43.3 Å². The normalized spacial score (nSPS) is 18.4. The van der Waals surface area contributed by atoms with Gasteiger partial charge in [0.2, 0.25) is 15.9 Å². The molecule has 6 heteroatoms. The van der Waals surface area contributed by atoms with Crippen molar-refractivity contribution in [2.75, 3.05) is 26.2 Å². The molecule has 5 nitrogen and oxygen atoms in total. The van der Waals surface area contributed by atoms with Gasteiger partial charge < -0.3 is 4.90 Å². The molecule has 1 unspecified atom stereocenters. The number of sulfonamides is 1. The highest BCUT2D eigenvalue weighted by Gasteiger charge is 2.31. The van der Waals surface area contributed by atoms with E-state index in [0.717, 1.165) is 30.4 Å². The standard InChI is InChI=1S/C23H28N2O3S/c1-18(19-6-3-2-4-7-19)16-23(26)24-12-14-25(15-13-24)29(27,28)22-11-10-20-8-5-9-21(20)17-22/h2-4,6-7,10-11,17-18H,5,8-9,12-16H2,1H3. The molecule has 1 amide bonds. The molecule has 1 atom stereocenters. The van der Waals surface area contributed by atoms with E-state index < -0.39 is 10.0 Å². The van der Waals surface area contributed by atoms with Gasteiger partial charge in [0.25, 0.3) is 0 Å². The lowest BCUT2D eigenvalue weighted by atomic mass is 9.97. The average molecular weight is 413 g/mol. The van der Waals surface area contributed by atoms with Crippen molar-refractivity contribution in [1.82, 2.24) is 9.21 Å². The number of hydrogen-bond donors (Lipinski definition) is 0. The second-order valence-electron chi connectivity index (χ2n) is 8.08. The molecule has 2 aromatic carbocycles. The molecule has 29 heavy (non-hydrogen) atoms. The number of benzene rings is 2. The van der Waals surface area contributed by atoms with Crippen molar-refractivity contribution in [2.45, 2.75) is 43.4 Å². The van der Waals surface area contributed by atoms with Gasteiger partial charge in [0, 0.05) is 32.6 Å².